The molecule has 0 saturated heterocycles. The zero-order chi connectivity index (χ0) is 14.6. The molecule has 1 N–H and O–H groups in total. The Bertz CT molecular complexity index is 501. The number of alkyl halides is 1. The van der Waals surface area contributed by atoms with Crippen molar-refractivity contribution in [3.05, 3.63) is 39.4 Å². The van der Waals surface area contributed by atoms with Gasteiger partial charge in [-0.15, -0.1) is 0 Å². The van der Waals surface area contributed by atoms with Gasteiger partial charge in [0, 0.05) is 29.1 Å². The summed E-state index contributed by atoms with van der Waals surface area (Å²) in [6.07, 6.45) is 0. The van der Waals surface area contributed by atoms with Crippen molar-refractivity contribution in [1.29, 1.82) is 0 Å². The molecule has 0 aliphatic rings. The summed E-state index contributed by atoms with van der Waals surface area (Å²) in [5.74, 6) is -0.216. The molecule has 6 heteroatoms. The van der Waals surface area contributed by atoms with Crippen molar-refractivity contribution in [1.82, 2.24) is 5.32 Å². The van der Waals surface area contributed by atoms with E-state index in [-0.39, 0.29) is 17.0 Å². The van der Waals surface area contributed by atoms with Crippen LogP contribution in [0, 0.1) is 22.5 Å². The fraction of sp³-hybridized carbons (Fsp3) is 0.462. The van der Waals surface area contributed by atoms with Crippen molar-refractivity contribution in [3.8, 4) is 0 Å². The van der Waals surface area contributed by atoms with Crippen LogP contribution in [0.3, 0.4) is 0 Å². The van der Waals surface area contributed by atoms with Gasteiger partial charge in [-0.1, -0.05) is 29.8 Å². The number of amides is 1. The van der Waals surface area contributed by atoms with Crippen LogP contribution in [0.25, 0.3) is 0 Å². The van der Waals surface area contributed by atoms with Crippen molar-refractivity contribution in [2.45, 2.75) is 20.8 Å². The number of hydrogen-bond donors (Lipinski definition) is 1. The van der Waals surface area contributed by atoms with Crippen molar-refractivity contribution < 1.29 is 9.72 Å². The lowest BCUT2D eigenvalue weighted by atomic mass is 9.96. The summed E-state index contributed by atoms with van der Waals surface area (Å²) in [5.41, 5.74) is 0.911. The zero-order valence-corrected chi connectivity index (χ0v) is 12.8. The predicted octanol–water partition coefficient (Wildman–Crippen LogP) is 3.05. The molecule has 0 aliphatic carbocycles. The fourth-order valence-electron chi connectivity index (χ4n) is 1.47. The number of benzene rings is 1. The highest BCUT2D eigenvalue weighted by Crippen LogP contribution is 2.20. The lowest BCUT2D eigenvalue weighted by molar-refractivity contribution is -0.385. The van der Waals surface area contributed by atoms with Crippen molar-refractivity contribution in [2.24, 2.45) is 5.41 Å². The zero-order valence-electron chi connectivity index (χ0n) is 11.2. The van der Waals surface area contributed by atoms with Gasteiger partial charge in [-0.25, -0.2) is 0 Å². The normalized spacial score (nSPS) is 11.2. The summed E-state index contributed by atoms with van der Waals surface area (Å²) in [4.78, 5) is 22.2. The number of nitrogens with one attached hydrogen (secondary N) is 1. The number of halogens is 1. The fourth-order valence-corrected chi connectivity index (χ4v) is 1.67. The molecule has 0 aliphatic heterocycles. The van der Waals surface area contributed by atoms with Gasteiger partial charge in [-0.05, 0) is 24.5 Å². The van der Waals surface area contributed by atoms with Gasteiger partial charge in [0.15, 0.2) is 0 Å². The Morgan fingerprint density at radius 3 is 2.58 bits per heavy atom. The van der Waals surface area contributed by atoms with E-state index in [9.17, 15) is 14.9 Å². The number of nitro groups is 1. The van der Waals surface area contributed by atoms with Crippen LogP contribution in [0.5, 0.6) is 0 Å². The van der Waals surface area contributed by atoms with Crippen molar-refractivity contribution in [2.75, 3.05) is 11.9 Å². The van der Waals surface area contributed by atoms with Crippen molar-refractivity contribution in [3.63, 3.8) is 0 Å². The van der Waals surface area contributed by atoms with Crippen LogP contribution in [0.15, 0.2) is 18.2 Å². The number of nitro benzene ring substituents is 1. The molecule has 1 amide bonds. The number of nitrogens with zero attached hydrogens (tertiary/aromatic N) is 1. The minimum absolute atomic E-state index is 0.0253. The number of hydrogen-bond acceptors (Lipinski definition) is 3. The first kappa shape index (κ1) is 15.6. The molecule has 1 aromatic carbocycles. The topological polar surface area (TPSA) is 72.2 Å². The molecule has 0 saturated carbocycles. The lowest BCUT2D eigenvalue weighted by Crippen LogP contribution is -2.34. The monoisotopic (exact) mass is 328 g/mol. The molecule has 0 radical (unpaired) electrons. The van der Waals surface area contributed by atoms with Gasteiger partial charge in [-0.3, -0.25) is 14.9 Å². The maximum absolute atomic E-state index is 11.9. The van der Waals surface area contributed by atoms with Gasteiger partial charge in [0.1, 0.15) is 0 Å². The molecular weight excluding hydrogens is 312 g/mol. The molecule has 0 bridgehead atoms. The van der Waals surface area contributed by atoms with E-state index in [2.05, 4.69) is 21.2 Å². The van der Waals surface area contributed by atoms with E-state index in [0.29, 0.717) is 17.7 Å². The minimum atomic E-state index is -0.453. The van der Waals surface area contributed by atoms with Gasteiger partial charge >= 0.3 is 0 Å². The van der Waals surface area contributed by atoms with E-state index in [1.165, 1.54) is 18.2 Å². The van der Waals surface area contributed by atoms with Gasteiger partial charge in [0.05, 0.1) is 4.92 Å². The number of aryl methyl sites for hydroxylation is 1. The molecule has 19 heavy (non-hydrogen) atoms. The minimum Gasteiger partial charge on any atom is -0.351 e. The summed E-state index contributed by atoms with van der Waals surface area (Å²) in [5, 5.41) is 14.3. The van der Waals surface area contributed by atoms with E-state index < -0.39 is 4.92 Å². The van der Waals surface area contributed by atoms with Crippen LogP contribution < -0.4 is 5.32 Å². The van der Waals surface area contributed by atoms with Gasteiger partial charge < -0.3 is 5.32 Å². The first-order chi connectivity index (χ1) is 8.76. The Kier molecular flexibility index (Phi) is 5.05. The van der Waals surface area contributed by atoms with E-state index in [1.807, 2.05) is 13.8 Å². The second-order valence-electron chi connectivity index (χ2n) is 5.24. The van der Waals surface area contributed by atoms with Crippen LogP contribution in [0.2, 0.25) is 0 Å². The quantitative estimate of drug-likeness (QED) is 0.513. The predicted molar refractivity (Wildman–Crippen MR) is 77.7 cm³/mol. The summed E-state index contributed by atoms with van der Waals surface area (Å²) >= 11 is 3.39. The first-order valence-corrected chi connectivity index (χ1v) is 6.98. The average molecular weight is 329 g/mol. The van der Waals surface area contributed by atoms with E-state index in [0.717, 1.165) is 5.33 Å². The molecule has 1 rings (SSSR count). The van der Waals surface area contributed by atoms with Crippen LogP contribution in [0.1, 0.15) is 29.8 Å². The van der Waals surface area contributed by atoms with E-state index in [1.54, 1.807) is 6.92 Å². The van der Waals surface area contributed by atoms with Gasteiger partial charge in [0.25, 0.3) is 11.6 Å². The Labute approximate surface area is 120 Å². The first-order valence-electron chi connectivity index (χ1n) is 5.86. The maximum Gasteiger partial charge on any atom is 0.272 e. The second-order valence-corrected chi connectivity index (χ2v) is 5.80. The summed E-state index contributed by atoms with van der Waals surface area (Å²) in [6, 6.07) is 4.37. The third-order valence-corrected chi connectivity index (χ3v) is 4.26. The third-order valence-electron chi connectivity index (χ3n) is 2.74. The summed E-state index contributed by atoms with van der Waals surface area (Å²) in [6.45, 7) is 6.22. The third kappa shape index (κ3) is 4.31. The Morgan fingerprint density at radius 2 is 2.11 bits per heavy atom. The molecule has 0 spiro atoms. The highest BCUT2D eigenvalue weighted by Gasteiger charge is 2.18. The SMILES string of the molecule is Cc1cc(C(=O)NCC(C)(C)CBr)ccc1[N+](=O)[O-]. The van der Waals surface area contributed by atoms with Crippen LogP contribution >= 0.6 is 15.9 Å². The van der Waals surface area contributed by atoms with Gasteiger partial charge in [-0.2, -0.15) is 0 Å². The number of carbonyl (C=O) groups excluding carboxylic acids is 1. The molecule has 1 aromatic rings. The second kappa shape index (κ2) is 6.14. The Morgan fingerprint density at radius 1 is 1.47 bits per heavy atom. The summed E-state index contributed by atoms with van der Waals surface area (Å²) < 4.78 is 0. The molecule has 5 nitrogen and oxygen atoms in total. The van der Waals surface area contributed by atoms with Crippen molar-refractivity contribution >= 4 is 27.5 Å². The molecule has 0 unspecified atom stereocenters. The average Bonchev–Trinajstić information content (AvgIpc) is 2.35. The molecule has 0 fully saturated rings. The molecule has 0 heterocycles. The van der Waals surface area contributed by atoms with Crippen LogP contribution in [-0.2, 0) is 0 Å². The smallest absolute Gasteiger partial charge is 0.272 e. The highest BCUT2D eigenvalue weighted by molar-refractivity contribution is 9.09. The summed E-state index contributed by atoms with van der Waals surface area (Å²) in [7, 11) is 0. The van der Waals surface area contributed by atoms with Crippen LogP contribution in [-0.4, -0.2) is 22.7 Å². The molecular formula is C13H17BrN2O3. The molecule has 0 atom stereocenters. The number of carbonyl (C=O) groups is 1. The largest absolute Gasteiger partial charge is 0.351 e. The lowest BCUT2D eigenvalue weighted by Gasteiger charge is -2.21. The molecule has 0 aromatic heterocycles. The van der Waals surface area contributed by atoms with E-state index >= 15 is 0 Å². The Balaban J connectivity index is 2.79. The molecule has 104 valence electrons. The van der Waals surface area contributed by atoms with Crippen LogP contribution in [0.4, 0.5) is 5.69 Å². The van der Waals surface area contributed by atoms with Gasteiger partial charge in [0.2, 0.25) is 0 Å². The maximum atomic E-state index is 11.9. The standard InChI is InChI=1S/C13H17BrN2O3/c1-9-6-10(4-5-11(9)16(18)19)12(17)15-8-13(2,3)7-14/h4-6H,7-8H2,1-3H3,(H,15,17). The van der Waals surface area contributed by atoms with E-state index in [4.69, 9.17) is 0 Å². The highest BCUT2D eigenvalue weighted by atomic mass is 79.9. The number of rotatable bonds is 5. The Hall–Kier alpha value is -1.43.